The lowest BCUT2D eigenvalue weighted by Crippen LogP contribution is -2.24. The van der Waals surface area contributed by atoms with Crippen molar-refractivity contribution in [2.24, 2.45) is 0 Å². The topological polar surface area (TPSA) is 26.3 Å². The van der Waals surface area contributed by atoms with Gasteiger partial charge in [-0.2, -0.15) is 0 Å². The van der Waals surface area contributed by atoms with Gasteiger partial charge >= 0.3 is 5.97 Å². The molecule has 0 radical (unpaired) electrons. The second kappa shape index (κ2) is 12.4. The number of carbonyl (C=O) groups is 1. The number of benzene rings is 3. The molecule has 0 aliphatic heterocycles. The third-order valence-electron chi connectivity index (χ3n) is 7.40. The molecule has 0 unspecified atom stereocenters. The Hall–Kier alpha value is -3.08. The summed E-state index contributed by atoms with van der Waals surface area (Å²) in [4.78, 5) is 12.7. The molecule has 196 valence electrons. The highest BCUT2D eigenvalue weighted by Crippen LogP contribution is 2.35. The Labute approximate surface area is 217 Å². The van der Waals surface area contributed by atoms with E-state index in [9.17, 15) is 18.0 Å². The predicted octanol–water partition coefficient (Wildman–Crippen LogP) is 8.95. The molecule has 37 heavy (non-hydrogen) atoms. The number of halogens is 3. The van der Waals surface area contributed by atoms with Crippen LogP contribution in [0.2, 0.25) is 0 Å². The van der Waals surface area contributed by atoms with Crippen molar-refractivity contribution >= 4 is 5.97 Å². The van der Waals surface area contributed by atoms with Crippen molar-refractivity contribution in [2.45, 2.75) is 83.7 Å². The molecule has 1 aliphatic carbocycles. The van der Waals surface area contributed by atoms with E-state index in [2.05, 4.69) is 13.8 Å². The average Bonchev–Trinajstić information content (AvgIpc) is 2.90. The van der Waals surface area contributed by atoms with E-state index in [1.54, 1.807) is 18.2 Å². The highest BCUT2D eigenvalue weighted by Gasteiger charge is 2.28. The monoisotopic (exact) mass is 508 g/mol. The Bertz CT molecular complexity index is 1210. The quantitative estimate of drug-likeness (QED) is 0.270. The van der Waals surface area contributed by atoms with Gasteiger partial charge in [0, 0.05) is 5.56 Å². The molecule has 2 nitrogen and oxygen atoms in total. The first-order chi connectivity index (χ1) is 17.9. The van der Waals surface area contributed by atoms with Gasteiger partial charge in [-0.1, -0.05) is 69.2 Å². The molecule has 0 saturated heterocycles. The van der Waals surface area contributed by atoms with Crippen LogP contribution in [0.25, 0.3) is 11.1 Å². The third kappa shape index (κ3) is 6.44. The Morgan fingerprint density at radius 1 is 0.838 bits per heavy atom. The van der Waals surface area contributed by atoms with E-state index in [0.29, 0.717) is 18.4 Å². The molecule has 5 heteroatoms. The zero-order valence-corrected chi connectivity index (χ0v) is 21.7. The summed E-state index contributed by atoms with van der Waals surface area (Å²) < 4.78 is 49.8. The fourth-order valence-electron chi connectivity index (χ4n) is 5.19. The summed E-state index contributed by atoms with van der Waals surface area (Å²) in [6, 6.07) is 15.6. The maximum atomic E-state index is 14.9. The number of hydrogen-bond acceptors (Lipinski definition) is 2. The molecule has 0 heterocycles. The molecule has 1 fully saturated rings. The van der Waals surface area contributed by atoms with Crippen LogP contribution in [0.4, 0.5) is 13.2 Å². The van der Waals surface area contributed by atoms with Gasteiger partial charge in [0.1, 0.15) is 11.9 Å². The van der Waals surface area contributed by atoms with E-state index >= 15 is 0 Å². The molecule has 1 saturated carbocycles. The largest absolute Gasteiger partial charge is 0.459 e. The van der Waals surface area contributed by atoms with Crippen LogP contribution in [0.1, 0.15) is 91.8 Å². The summed E-state index contributed by atoms with van der Waals surface area (Å²) in [5.74, 6) is -3.05. The van der Waals surface area contributed by atoms with E-state index in [0.717, 1.165) is 61.6 Å². The van der Waals surface area contributed by atoms with Crippen LogP contribution in [-0.2, 0) is 17.6 Å². The molecule has 4 rings (SSSR count). The van der Waals surface area contributed by atoms with Gasteiger partial charge in [0.05, 0.1) is 5.56 Å². The number of ether oxygens (including phenoxy) is 1. The minimum absolute atomic E-state index is 0.116. The van der Waals surface area contributed by atoms with Crippen LogP contribution in [0.3, 0.4) is 0 Å². The molecule has 0 N–H and O–H groups in total. The minimum Gasteiger partial charge on any atom is -0.459 e. The molecule has 3 aromatic rings. The third-order valence-corrected chi connectivity index (χ3v) is 7.40. The van der Waals surface area contributed by atoms with Gasteiger partial charge in [-0.25, -0.2) is 18.0 Å². The summed E-state index contributed by atoms with van der Waals surface area (Å²) in [7, 11) is 0. The molecule has 0 amide bonds. The Morgan fingerprint density at radius 3 is 2.22 bits per heavy atom. The van der Waals surface area contributed by atoms with Crippen LogP contribution in [-0.4, -0.2) is 12.1 Å². The lowest BCUT2D eigenvalue weighted by Gasteiger charge is -2.29. The van der Waals surface area contributed by atoms with Crippen molar-refractivity contribution in [2.75, 3.05) is 0 Å². The molecular formula is C32H35F3O2. The normalized spacial score (nSPS) is 17.5. The molecular weight excluding hydrogens is 473 g/mol. The van der Waals surface area contributed by atoms with E-state index in [1.807, 2.05) is 24.3 Å². The van der Waals surface area contributed by atoms with Gasteiger partial charge in [-0.15, -0.1) is 0 Å². The Morgan fingerprint density at radius 2 is 1.57 bits per heavy atom. The zero-order chi connectivity index (χ0) is 26.4. The van der Waals surface area contributed by atoms with Crippen molar-refractivity contribution in [3.05, 3.63) is 94.3 Å². The van der Waals surface area contributed by atoms with E-state index < -0.39 is 23.2 Å². The maximum Gasteiger partial charge on any atom is 0.341 e. The van der Waals surface area contributed by atoms with Gasteiger partial charge in [-0.3, -0.25) is 0 Å². The molecule has 0 bridgehead atoms. The highest BCUT2D eigenvalue weighted by molar-refractivity contribution is 5.90. The maximum absolute atomic E-state index is 14.9. The summed E-state index contributed by atoms with van der Waals surface area (Å²) in [6.45, 7) is 4.17. The second-order valence-electron chi connectivity index (χ2n) is 10.1. The van der Waals surface area contributed by atoms with Crippen LogP contribution < -0.4 is 0 Å². The predicted molar refractivity (Wildman–Crippen MR) is 141 cm³/mol. The number of carbonyl (C=O) groups excluding carboxylic acids is 1. The number of esters is 1. The first kappa shape index (κ1) is 27.0. The summed E-state index contributed by atoms with van der Waals surface area (Å²) in [6.07, 6.45) is 6.98. The van der Waals surface area contributed by atoms with Gasteiger partial charge in [0.2, 0.25) is 0 Å². The van der Waals surface area contributed by atoms with Crippen molar-refractivity contribution < 1.29 is 22.7 Å². The van der Waals surface area contributed by atoms with Gasteiger partial charge in [0.25, 0.3) is 0 Å². The van der Waals surface area contributed by atoms with Crippen molar-refractivity contribution in [1.82, 2.24) is 0 Å². The average molecular weight is 509 g/mol. The van der Waals surface area contributed by atoms with Crippen molar-refractivity contribution in [3.8, 4) is 11.1 Å². The number of rotatable bonds is 9. The molecule has 0 aromatic heterocycles. The van der Waals surface area contributed by atoms with Crippen LogP contribution in [0, 0.1) is 17.5 Å². The van der Waals surface area contributed by atoms with Gasteiger partial charge in [0.15, 0.2) is 11.6 Å². The molecule has 0 spiro atoms. The van der Waals surface area contributed by atoms with Crippen molar-refractivity contribution in [1.29, 1.82) is 0 Å². The molecule has 1 aliphatic rings. The first-order valence-electron chi connectivity index (χ1n) is 13.5. The Balaban J connectivity index is 1.36. The first-order valence-corrected chi connectivity index (χ1v) is 13.5. The molecule has 0 atom stereocenters. The zero-order valence-electron chi connectivity index (χ0n) is 21.7. The van der Waals surface area contributed by atoms with E-state index in [1.165, 1.54) is 12.1 Å². The van der Waals surface area contributed by atoms with Crippen LogP contribution >= 0.6 is 0 Å². The fraction of sp³-hybridized carbons (Fsp3) is 0.406. The standard InChI is InChI=1S/C32H35F3O2/c1-3-5-7-24-12-13-25(20-29(24)33)22-14-16-26(17-15-22)37-32(36)28-19-18-27(30(34)31(28)35)23-10-8-21(6-4-2)9-11-23/h8-13,18-20,22,26H,3-7,14-17H2,1-2H3. The smallest absolute Gasteiger partial charge is 0.341 e. The van der Waals surface area contributed by atoms with Crippen molar-refractivity contribution in [3.63, 3.8) is 0 Å². The summed E-state index contributed by atoms with van der Waals surface area (Å²) >= 11 is 0. The highest BCUT2D eigenvalue weighted by atomic mass is 19.2. The summed E-state index contributed by atoms with van der Waals surface area (Å²) in [5.41, 5.74) is 3.14. The summed E-state index contributed by atoms with van der Waals surface area (Å²) in [5, 5.41) is 0. The lowest BCUT2D eigenvalue weighted by atomic mass is 9.82. The van der Waals surface area contributed by atoms with E-state index in [4.69, 9.17) is 4.74 Å². The lowest BCUT2D eigenvalue weighted by molar-refractivity contribution is 0.0189. The number of aryl methyl sites for hydroxylation is 2. The fourth-order valence-corrected chi connectivity index (χ4v) is 5.19. The van der Waals surface area contributed by atoms with E-state index in [-0.39, 0.29) is 23.4 Å². The number of unbranched alkanes of at least 4 members (excludes halogenated alkanes) is 1. The SMILES string of the molecule is CCCCc1ccc(C2CCC(OC(=O)c3ccc(-c4ccc(CCC)cc4)c(F)c3F)CC2)cc1F. The Kier molecular flexibility index (Phi) is 9.07. The van der Waals surface area contributed by atoms with Gasteiger partial charge in [-0.05, 0) is 85.3 Å². The van der Waals surface area contributed by atoms with Crippen LogP contribution in [0.5, 0.6) is 0 Å². The number of hydrogen-bond donors (Lipinski definition) is 0. The molecule has 3 aromatic carbocycles. The second-order valence-corrected chi connectivity index (χ2v) is 10.1. The minimum atomic E-state index is -1.19. The van der Waals surface area contributed by atoms with Crippen LogP contribution in [0.15, 0.2) is 54.6 Å². The van der Waals surface area contributed by atoms with Gasteiger partial charge < -0.3 is 4.74 Å².